The molecule has 3 aromatic carbocycles. The van der Waals surface area contributed by atoms with Gasteiger partial charge in [-0.15, -0.1) is 0 Å². The molecule has 36 heavy (non-hydrogen) atoms. The van der Waals surface area contributed by atoms with E-state index in [4.69, 9.17) is 14.2 Å². The topological polar surface area (TPSA) is 100 Å². The standard InChI is InChI=1S/C26H20FIN2O6/c1-3-34-23-13-17(11-20(28)24(23)35-14-16-7-9-18(27)10-8-16)12-21-26(31)36-25(29-21)19-5-4-6-22(15(19)2)30(32)33/h4-13H,3,14H2,1-2H3/b21-12-. The molecule has 0 radical (unpaired) electrons. The zero-order valence-corrected chi connectivity index (χ0v) is 21.4. The van der Waals surface area contributed by atoms with Crippen LogP contribution < -0.4 is 9.47 Å². The van der Waals surface area contributed by atoms with Crippen molar-refractivity contribution in [2.75, 3.05) is 6.61 Å². The number of cyclic esters (lactones) is 1. The molecule has 184 valence electrons. The van der Waals surface area contributed by atoms with E-state index in [0.717, 1.165) is 9.13 Å². The molecular weight excluding hydrogens is 582 g/mol. The van der Waals surface area contributed by atoms with Crippen molar-refractivity contribution in [1.29, 1.82) is 0 Å². The fourth-order valence-corrected chi connectivity index (χ4v) is 4.33. The van der Waals surface area contributed by atoms with Gasteiger partial charge in [0.25, 0.3) is 5.69 Å². The number of nitro benzene ring substituents is 1. The first-order chi connectivity index (χ1) is 17.3. The molecule has 0 amide bonds. The molecule has 10 heteroatoms. The van der Waals surface area contributed by atoms with E-state index in [1.807, 2.05) is 6.92 Å². The molecule has 4 rings (SSSR count). The Bertz CT molecular complexity index is 1400. The van der Waals surface area contributed by atoms with E-state index < -0.39 is 10.9 Å². The van der Waals surface area contributed by atoms with Gasteiger partial charge in [-0.05, 0) is 84.0 Å². The number of carbonyl (C=O) groups is 1. The highest BCUT2D eigenvalue weighted by molar-refractivity contribution is 14.1. The van der Waals surface area contributed by atoms with Crippen molar-refractivity contribution in [3.05, 3.63) is 102 Å². The van der Waals surface area contributed by atoms with Gasteiger partial charge in [-0.2, -0.15) is 0 Å². The van der Waals surface area contributed by atoms with Gasteiger partial charge in [-0.1, -0.05) is 18.2 Å². The van der Waals surface area contributed by atoms with Gasteiger partial charge in [-0.25, -0.2) is 14.2 Å². The Labute approximate surface area is 219 Å². The average molecular weight is 602 g/mol. The number of hydrogen-bond acceptors (Lipinski definition) is 7. The first-order valence-corrected chi connectivity index (χ1v) is 11.9. The van der Waals surface area contributed by atoms with Gasteiger partial charge in [0, 0.05) is 17.2 Å². The number of nitrogens with zero attached hydrogens (tertiary/aromatic N) is 2. The average Bonchev–Trinajstić information content (AvgIpc) is 3.19. The Morgan fingerprint density at radius 1 is 1.17 bits per heavy atom. The molecule has 3 aromatic rings. The Morgan fingerprint density at radius 2 is 1.92 bits per heavy atom. The lowest BCUT2D eigenvalue weighted by atomic mass is 10.1. The third-order valence-electron chi connectivity index (χ3n) is 5.28. The minimum Gasteiger partial charge on any atom is -0.490 e. The molecule has 0 unspecified atom stereocenters. The van der Waals surface area contributed by atoms with E-state index in [1.54, 1.807) is 43.3 Å². The predicted molar refractivity (Wildman–Crippen MR) is 139 cm³/mol. The van der Waals surface area contributed by atoms with E-state index in [0.29, 0.717) is 34.8 Å². The van der Waals surface area contributed by atoms with Crippen LogP contribution in [0.25, 0.3) is 6.08 Å². The summed E-state index contributed by atoms with van der Waals surface area (Å²) in [6.07, 6.45) is 1.55. The number of halogens is 2. The number of nitro groups is 1. The van der Waals surface area contributed by atoms with Crippen LogP contribution in [-0.2, 0) is 16.1 Å². The molecule has 0 aliphatic carbocycles. The number of ether oxygens (including phenoxy) is 3. The van der Waals surface area contributed by atoms with Crippen molar-refractivity contribution in [1.82, 2.24) is 0 Å². The highest BCUT2D eigenvalue weighted by atomic mass is 127. The lowest BCUT2D eigenvalue weighted by Crippen LogP contribution is -2.08. The lowest BCUT2D eigenvalue weighted by molar-refractivity contribution is -0.385. The summed E-state index contributed by atoms with van der Waals surface area (Å²) in [5, 5.41) is 11.3. The maximum Gasteiger partial charge on any atom is 0.363 e. The molecular formula is C26H20FIN2O6. The third-order valence-corrected chi connectivity index (χ3v) is 6.09. The fourth-order valence-electron chi connectivity index (χ4n) is 3.55. The normalized spacial score (nSPS) is 13.9. The number of esters is 1. The maximum atomic E-state index is 13.2. The van der Waals surface area contributed by atoms with Crippen LogP contribution in [0, 0.1) is 26.4 Å². The fraction of sp³-hybridized carbons (Fsp3) is 0.154. The van der Waals surface area contributed by atoms with Crippen molar-refractivity contribution in [2.24, 2.45) is 4.99 Å². The molecule has 0 saturated heterocycles. The number of aliphatic imine (C=N–C) groups is 1. The number of benzene rings is 3. The van der Waals surface area contributed by atoms with Crippen LogP contribution >= 0.6 is 22.6 Å². The molecule has 0 atom stereocenters. The zero-order chi connectivity index (χ0) is 25.8. The van der Waals surface area contributed by atoms with Crippen LogP contribution in [0.15, 0.2) is 65.3 Å². The predicted octanol–water partition coefficient (Wildman–Crippen LogP) is 5.97. The first kappa shape index (κ1) is 25.3. The summed E-state index contributed by atoms with van der Waals surface area (Å²) in [6, 6.07) is 14.1. The van der Waals surface area contributed by atoms with Gasteiger partial charge >= 0.3 is 5.97 Å². The Kier molecular flexibility index (Phi) is 7.63. The Hall–Kier alpha value is -3.80. The molecule has 1 aliphatic heterocycles. The van der Waals surface area contributed by atoms with Gasteiger partial charge in [0.15, 0.2) is 17.2 Å². The smallest absolute Gasteiger partial charge is 0.363 e. The summed E-state index contributed by atoms with van der Waals surface area (Å²) in [5.74, 6) is 0.0161. The van der Waals surface area contributed by atoms with Gasteiger partial charge in [0.1, 0.15) is 12.4 Å². The van der Waals surface area contributed by atoms with Gasteiger partial charge < -0.3 is 14.2 Å². The van der Waals surface area contributed by atoms with Crippen LogP contribution in [0.3, 0.4) is 0 Å². The second-order valence-electron chi connectivity index (χ2n) is 7.72. The van der Waals surface area contributed by atoms with E-state index in [2.05, 4.69) is 27.6 Å². The summed E-state index contributed by atoms with van der Waals surface area (Å²) in [6.45, 7) is 4.03. The molecule has 0 saturated carbocycles. The van der Waals surface area contributed by atoms with Crippen LogP contribution in [0.4, 0.5) is 10.1 Å². The molecule has 8 nitrogen and oxygen atoms in total. The molecule has 1 heterocycles. The Balaban J connectivity index is 1.63. The quantitative estimate of drug-likeness (QED) is 0.104. The van der Waals surface area contributed by atoms with Crippen LogP contribution in [0.5, 0.6) is 11.5 Å². The van der Waals surface area contributed by atoms with Crippen LogP contribution in [-0.4, -0.2) is 23.4 Å². The lowest BCUT2D eigenvalue weighted by Gasteiger charge is -2.15. The maximum absolute atomic E-state index is 13.2. The van der Waals surface area contributed by atoms with Crippen molar-refractivity contribution in [3.8, 4) is 11.5 Å². The minimum atomic E-state index is -0.666. The van der Waals surface area contributed by atoms with E-state index in [-0.39, 0.29) is 29.7 Å². The van der Waals surface area contributed by atoms with E-state index in [1.165, 1.54) is 24.3 Å². The highest BCUT2D eigenvalue weighted by Gasteiger charge is 2.27. The molecule has 0 fully saturated rings. The van der Waals surface area contributed by atoms with Crippen molar-refractivity contribution in [3.63, 3.8) is 0 Å². The first-order valence-electron chi connectivity index (χ1n) is 10.9. The molecule has 0 bridgehead atoms. The number of rotatable bonds is 8. The monoisotopic (exact) mass is 602 g/mol. The third kappa shape index (κ3) is 5.54. The minimum absolute atomic E-state index is 0.00595. The summed E-state index contributed by atoms with van der Waals surface area (Å²) in [5.41, 5.74) is 2.11. The van der Waals surface area contributed by atoms with Crippen LogP contribution in [0.1, 0.15) is 29.2 Å². The summed E-state index contributed by atoms with van der Waals surface area (Å²) in [7, 11) is 0. The van der Waals surface area contributed by atoms with E-state index in [9.17, 15) is 19.3 Å². The van der Waals surface area contributed by atoms with E-state index >= 15 is 0 Å². The van der Waals surface area contributed by atoms with Gasteiger partial charge in [0.2, 0.25) is 5.90 Å². The second kappa shape index (κ2) is 10.9. The van der Waals surface area contributed by atoms with Crippen molar-refractivity contribution < 1.29 is 28.3 Å². The van der Waals surface area contributed by atoms with Gasteiger partial charge in [-0.3, -0.25) is 10.1 Å². The largest absolute Gasteiger partial charge is 0.490 e. The molecule has 1 aliphatic rings. The SMILES string of the molecule is CCOc1cc(/C=C2\N=C(c3cccc([N+](=O)[O-])c3C)OC2=O)cc(I)c1OCc1ccc(F)cc1. The van der Waals surface area contributed by atoms with Crippen LogP contribution in [0.2, 0.25) is 0 Å². The zero-order valence-electron chi connectivity index (χ0n) is 19.3. The molecule has 0 spiro atoms. The summed E-state index contributed by atoms with van der Waals surface area (Å²) < 4.78 is 30.9. The molecule has 0 N–H and O–H groups in total. The Morgan fingerprint density at radius 3 is 2.61 bits per heavy atom. The summed E-state index contributed by atoms with van der Waals surface area (Å²) >= 11 is 2.11. The van der Waals surface area contributed by atoms with Gasteiger partial charge in [0.05, 0.1) is 15.1 Å². The van der Waals surface area contributed by atoms with Crippen molar-refractivity contribution >= 4 is 46.2 Å². The number of carbonyl (C=O) groups excluding carboxylic acids is 1. The summed E-state index contributed by atoms with van der Waals surface area (Å²) in [4.78, 5) is 27.6. The highest BCUT2D eigenvalue weighted by Crippen LogP contribution is 2.36. The molecule has 0 aromatic heterocycles. The van der Waals surface area contributed by atoms with Crippen molar-refractivity contribution in [2.45, 2.75) is 20.5 Å². The second-order valence-corrected chi connectivity index (χ2v) is 8.88. The number of hydrogen-bond donors (Lipinski definition) is 0.